The van der Waals surface area contributed by atoms with Crippen LogP contribution in [0.5, 0.6) is 0 Å². The van der Waals surface area contributed by atoms with Gasteiger partial charge in [-0.1, -0.05) is 26.2 Å². The second-order valence-corrected chi connectivity index (χ2v) is 4.30. The molecule has 2 aromatic heterocycles. The Hall–Kier alpha value is -1.36. The van der Waals surface area contributed by atoms with E-state index in [-0.39, 0.29) is 5.28 Å². The largest absolute Gasteiger partial charge is 0.369 e. The minimum atomic E-state index is 0.234. The summed E-state index contributed by atoms with van der Waals surface area (Å²) in [6.45, 7) is 3.10. The van der Waals surface area contributed by atoms with Gasteiger partial charge in [-0.15, -0.1) is 0 Å². The maximum Gasteiger partial charge on any atom is 0.226 e. The molecule has 6 heteroatoms. The van der Waals surface area contributed by atoms with Crippen LogP contribution in [0.1, 0.15) is 32.6 Å². The molecule has 2 aromatic rings. The number of hydrogen-bond acceptors (Lipinski definition) is 4. The van der Waals surface area contributed by atoms with Gasteiger partial charge in [-0.25, -0.2) is 0 Å². The molecule has 17 heavy (non-hydrogen) atoms. The molecular weight excluding hydrogens is 238 g/mol. The molecule has 0 unspecified atom stereocenters. The Morgan fingerprint density at radius 2 is 2.18 bits per heavy atom. The summed E-state index contributed by atoms with van der Waals surface area (Å²) in [6.07, 6.45) is 6.59. The van der Waals surface area contributed by atoms with Crippen LogP contribution in [0.3, 0.4) is 0 Å². The number of aromatic amines is 1. The number of unbranched alkanes of at least 4 members (excludes halogenated alkanes) is 3. The Morgan fingerprint density at radius 1 is 1.29 bits per heavy atom. The van der Waals surface area contributed by atoms with Crippen molar-refractivity contribution in [3.8, 4) is 0 Å². The number of nitrogens with one attached hydrogen (secondary N) is 2. The zero-order valence-corrected chi connectivity index (χ0v) is 10.6. The Bertz CT molecular complexity index is 482. The van der Waals surface area contributed by atoms with Crippen molar-refractivity contribution in [2.24, 2.45) is 0 Å². The number of anilines is 1. The van der Waals surface area contributed by atoms with E-state index in [4.69, 9.17) is 11.6 Å². The molecule has 0 atom stereocenters. The third kappa shape index (κ3) is 3.06. The Labute approximate surface area is 105 Å². The van der Waals surface area contributed by atoms with Crippen molar-refractivity contribution >= 4 is 28.5 Å². The number of H-pyrrole nitrogens is 1. The van der Waals surface area contributed by atoms with E-state index in [1.165, 1.54) is 19.3 Å². The van der Waals surface area contributed by atoms with Crippen molar-refractivity contribution in [3.63, 3.8) is 0 Å². The van der Waals surface area contributed by atoms with Gasteiger partial charge in [-0.05, 0) is 18.0 Å². The van der Waals surface area contributed by atoms with Crippen molar-refractivity contribution in [1.29, 1.82) is 0 Å². The van der Waals surface area contributed by atoms with E-state index in [0.717, 1.165) is 24.2 Å². The quantitative estimate of drug-likeness (QED) is 0.614. The normalized spacial score (nSPS) is 10.9. The number of halogens is 1. The number of hydrogen-bond donors (Lipinski definition) is 2. The van der Waals surface area contributed by atoms with E-state index >= 15 is 0 Å². The smallest absolute Gasteiger partial charge is 0.226 e. The fourth-order valence-corrected chi connectivity index (χ4v) is 1.87. The van der Waals surface area contributed by atoms with Crippen molar-refractivity contribution in [2.45, 2.75) is 32.6 Å². The van der Waals surface area contributed by atoms with Crippen LogP contribution in [0.4, 0.5) is 5.82 Å². The van der Waals surface area contributed by atoms with Gasteiger partial charge in [0.15, 0.2) is 5.65 Å². The van der Waals surface area contributed by atoms with Crippen LogP contribution >= 0.6 is 11.6 Å². The first-order valence-corrected chi connectivity index (χ1v) is 6.29. The molecule has 92 valence electrons. The number of aromatic nitrogens is 4. The fraction of sp³-hybridized carbons (Fsp3) is 0.545. The summed E-state index contributed by atoms with van der Waals surface area (Å²) in [4.78, 5) is 8.22. The molecule has 0 aliphatic carbocycles. The second-order valence-electron chi connectivity index (χ2n) is 3.96. The average molecular weight is 254 g/mol. The van der Waals surface area contributed by atoms with Crippen molar-refractivity contribution < 1.29 is 0 Å². The first kappa shape index (κ1) is 12.1. The minimum absolute atomic E-state index is 0.234. The molecule has 0 saturated heterocycles. The first-order chi connectivity index (χ1) is 8.31. The minimum Gasteiger partial charge on any atom is -0.369 e. The van der Waals surface area contributed by atoms with E-state index in [1.54, 1.807) is 6.20 Å². The summed E-state index contributed by atoms with van der Waals surface area (Å²) in [6, 6.07) is 0. The zero-order valence-electron chi connectivity index (χ0n) is 9.83. The van der Waals surface area contributed by atoms with Gasteiger partial charge in [-0.2, -0.15) is 15.1 Å². The summed E-state index contributed by atoms with van der Waals surface area (Å²) in [5.41, 5.74) is 0.668. The number of rotatable bonds is 6. The van der Waals surface area contributed by atoms with E-state index in [2.05, 4.69) is 32.4 Å². The fourth-order valence-electron chi connectivity index (χ4n) is 1.70. The molecular formula is C11H16ClN5. The predicted octanol–water partition coefficient (Wildman–Crippen LogP) is 3.00. The third-order valence-corrected chi connectivity index (χ3v) is 2.77. The van der Waals surface area contributed by atoms with Crippen LogP contribution in [0.25, 0.3) is 11.0 Å². The highest BCUT2D eigenvalue weighted by Gasteiger charge is 2.07. The van der Waals surface area contributed by atoms with Crippen LogP contribution in [-0.2, 0) is 0 Å². The maximum absolute atomic E-state index is 5.83. The summed E-state index contributed by atoms with van der Waals surface area (Å²) in [5, 5.41) is 11.1. The SMILES string of the molecule is CCCCCCNc1nc(Cl)nc2[nH]ncc12. The monoisotopic (exact) mass is 253 g/mol. The van der Waals surface area contributed by atoms with Gasteiger partial charge in [0.2, 0.25) is 5.28 Å². The lowest BCUT2D eigenvalue weighted by molar-refractivity contribution is 0.684. The summed E-state index contributed by atoms with van der Waals surface area (Å²) in [5.74, 6) is 0.755. The maximum atomic E-state index is 5.83. The molecule has 5 nitrogen and oxygen atoms in total. The number of fused-ring (bicyclic) bond motifs is 1. The molecule has 0 amide bonds. The topological polar surface area (TPSA) is 66.5 Å². The zero-order chi connectivity index (χ0) is 12.1. The molecule has 0 bridgehead atoms. The molecule has 0 saturated carbocycles. The van der Waals surface area contributed by atoms with Gasteiger partial charge < -0.3 is 5.32 Å². The van der Waals surface area contributed by atoms with Crippen molar-refractivity contribution in [1.82, 2.24) is 20.2 Å². The summed E-state index contributed by atoms with van der Waals surface area (Å²) < 4.78 is 0. The molecule has 0 aliphatic rings. The predicted molar refractivity (Wildman–Crippen MR) is 69.3 cm³/mol. The van der Waals surface area contributed by atoms with Crippen molar-refractivity contribution in [3.05, 3.63) is 11.5 Å². The lowest BCUT2D eigenvalue weighted by Crippen LogP contribution is -2.04. The molecule has 0 spiro atoms. The van der Waals surface area contributed by atoms with Crippen LogP contribution in [0.15, 0.2) is 6.20 Å². The highest BCUT2D eigenvalue weighted by Crippen LogP contribution is 2.19. The van der Waals surface area contributed by atoms with E-state index in [1.807, 2.05) is 0 Å². The first-order valence-electron chi connectivity index (χ1n) is 5.91. The highest BCUT2D eigenvalue weighted by atomic mass is 35.5. The van der Waals surface area contributed by atoms with Crippen LogP contribution in [0, 0.1) is 0 Å². The standard InChI is InChI=1S/C11H16ClN5/c1-2-3-4-5-6-13-9-8-7-14-17-10(8)16-11(12)15-9/h7H,2-6H2,1H3,(H2,13,14,15,16,17). The Balaban J connectivity index is 2.00. The summed E-state index contributed by atoms with van der Waals surface area (Å²) >= 11 is 5.83. The second kappa shape index (κ2) is 5.82. The van der Waals surface area contributed by atoms with Gasteiger partial charge in [0.05, 0.1) is 11.6 Å². The van der Waals surface area contributed by atoms with Gasteiger partial charge in [0, 0.05) is 6.54 Å². The number of nitrogens with zero attached hydrogens (tertiary/aromatic N) is 3. The molecule has 2 rings (SSSR count). The van der Waals surface area contributed by atoms with Gasteiger partial charge in [-0.3, -0.25) is 5.10 Å². The van der Waals surface area contributed by atoms with E-state index in [0.29, 0.717) is 5.65 Å². The van der Waals surface area contributed by atoms with Gasteiger partial charge in [0.25, 0.3) is 0 Å². The van der Waals surface area contributed by atoms with E-state index < -0.39 is 0 Å². The van der Waals surface area contributed by atoms with Crippen LogP contribution in [0.2, 0.25) is 5.28 Å². The average Bonchev–Trinajstić information content (AvgIpc) is 2.76. The molecule has 0 aromatic carbocycles. The molecule has 0 aliphatic heterocycles. The molecule has 2 N–H and O–H groups in total. The van der Waals surface area contributed by atoms with Crippen LogP contribution < -0.4 is 5.32 Å². The van der Waals surface area contributed by atoms with Crippen molar-refractivity contribution in [2.75, 3.05) is 11.9 Å². The Morgan fingerprint density at radius 3 is 3.00 bits per heavy atom. The van der Waals surface area contributed by atoms with E-state index in [9.17, 15) is 0 Å². The molecule has 0 fully saturated rings. The van der Waals surface area contributed by atoms with Crippen LogP contribution in [-0.4, -0.2) is 26.7 Å². The summed E-state index contributed by atoms with van der Waals surface area (Å²) in [7, 11) is 0. The third-order valence-electron chi connectivity index (χ3n) is 2.61. The lowest BCUT2D eigenvalue weighted by Gasteiger charge is -2.06. The Kier molecular flexibility index (Phi) is 4.14. The van der Waals surface area contributed by atoms with Gasteiger partial charge >= 0.3 is 0 Å². The van der Waals surface area contributed by atoms with Gasteiger partial charge in [0.1, 0.15) is 5.82 Å². The molecule has 0 radical (unpaired) electrons. The lowest BCUT2D eigenvalue weighted by atomic mass is 10.2. The highest BCUT2D eigenvalue weighted by molar-refractivity contribution is 6.28. The molecule has 2 heterocycles.